The minimum atomic E-state index is 0.0237. The van der Waals surface area contributed by atoms with Crippen molar-refractivity contribution in [1.82, 2.24) is 4.90 Å². The normalized spacial score (nSPS) is 22.8. The van der Waals surface area contributed by atoms with Crippen LogP contribution >= 0.6 is 0 Å². The Balaban J connectivity index is 2.06. The molecule has 0 radical (unpaired) electrons. The summed E-state index contributed by atoms with van der Waals surface area (Å²) in [6, 6.07) is 9.78. The van der Waals surface area contributed by atoms with Crippen LogP contribution in [0, 0.1) is 17.8 Å². The van der Waals surface area contributed by atoms with Gasteiger partial charge < -0.3 is 15.1 Å². The Bertz CT molecular complexity index is 597. The van der Waals surface area contributed by atoms with Gasteiger partial charge in [0.25, 0.3) is 0 Å². The number of allylic oxidation sites excluding steroid dienone is 2. The molecule has 0 heterocycles. The predicted molar refractivity (Wildman–Crippen MR) is 110 cm³/mol. The number of nitrogens with one attached hydrogen (secondary N) is 2. The third kappa shape index (κ3) is 6.17. The van der Waals surface area contributed by atoms with Crippen LogP contribution in [0.1, 0.15) is 33.6 Å². The van der Waals surface area contributed by atoms with Gasteiger partial charge in [-0.05, 0) is 43.2 Å². The lowest BCUT2D eigenvalue weighted by Gasteiger charge is -2.37. The number of amides is 2. The quantitative estimate of drug-likeness (QED) is 0.721. The molecule has 0 saturated carbocycles. The molecule has 1 aromatic rings. The van der Waals surface area contributed by atoms with Gasteiger partial charge in [-0.3, -0.25) is 0 Å². The number of rotatable bonds is 7. The van der Waals surface area contributed by atoms with Crippen molar-refractivity contribution in [3.05, 3.63) is 42.0 Å². The second-order valence-corrected chi connectivity index (χ2v) is 8.27. The Kier molecular flexibility index (Phi) is 7.70. The van der Waals surface area contributed by atoms with Crippen LogP contribution in [0.2, 0.25) is 0 Å². The predicted octanol–water partition coefficient (Wildman–Crippen LogP) is 3.29. The number of benzene rings is 1. The zero-order valence-corrected chi connectivity index (χ0v) is 17.1. The fourth-order valence-corrected chi connectivity index (χ4v) is 4.04. The van der Waals surface area contributed by atoms with E-state index in [9.17, 15) is 4.79 Å². The average molecular weight is 359 g/mol. The van der Waals surface area contributed by atoms with Gasteiger partial charge >= 0.3 is 6.03 Å². The van der Waals surface area contributed by atoms with Crippen LogP contribution in [-0.4, -0.2) is 44.7 Å². The minimum Gasteiger partial charge on any atom is -0.340 e. The number of para-hydroxylation sites is 1. The van der Waals surface area contributed by atoms with Crippen LogP contribution in [0.5, 0.6) is 0 Å². The van der Waals surface area contributed by atoms with Crippen LogP contribution in [0.4, 0.5) is 10.5 Å². The van der Waals surface area contributed by atoms with Gasteiger partial charge in [0.2, 0.25) is 0 Å². The van der Waals surface area contributed by atoms with Gasteiger partial charge in [-0.15, -0.1) is 0 Å². The van der Waals surface area contributed by atoms with E-state index in [1.54, 1.807) is 0 Å². The molecule has 4 nitrogen and oxygen atoms in total. The second kappa shape index (κ2) is 9.77. The SMILES string of the molecule is CC1=C[C@H](C)[C@H](CN(CCC[NH+](C)C)C(=O)Nc2ccccc2)[C@@H](C)C1. The average Bonchev–Trinajstić information content (AvgIpc) is 2.56. The first-order valence-corrected chi connectivity index (χ1v) is 9.94. The van der Waals surface area contributed by atoms with E-state index in [0.29, 0.717) is 17.8 Å². The highest BCUT2D eigenvalue weighted by Gasteiger charge is 2.30. The summed E-state index contributed by atoms with van der Waals surface area (Å²) in [7, 11) is 4.32. The molecule has 3 atom stereocenters. The zero-order chi connectivity index (χ0) is 19.1. The topological polar surface area (TPSA) is 36.8 Å². The van der Waals surface area contributed by atoms with Crippen molar-refractivity contribution < 1.29 is 9.69 Å². The largest absolute Gasteiger partial charge is 0.340 e. The molecule has 4 heteroatoms. The molecule has 0 fully saturated rings. The number of carbonyl (C=O) groups excluding carboxylic acids is 1. The van der Waals surface area contributed by atoms with E-state index in [-0.39, 0.29) is 6.03 Å². The monoisotopic (exact) mass is 358 g/mol. The summed E-state index contributed by atoms with van der Waals surface area (Å²) in [4.78, 5) is 16.4. The molecule has 0 saturated heterocycles. The van der Waals surface area contributed by atoms with Crippen molar-refractivity contribution in [2.75, 3.05) is 39.0 Å². The second-order valence-electron chi connectivity index (χ2n) is 8.27. The van der Waals surface area contributed by atoms with Crippen molar-refractivity contribution in [1.29, 1.82) is 0 Å². The number of quaternary nitrogens is 1. The van der Waals surface area contributed by atoms with Gasteiger partial charge in [0.1, 0.15) is 0 Å². The van der Waals surface area contributed by atoms with Crippen molar-refractivity contribution in [2.24, 2.45) is 17.8 Å². The van der Waals surface area contributed by atoms with Gasteiger partial charge in [0, 0.05) is 25.2 Å². The Morgan fingerprint density at radius 3 is 2.54 bits per heavy atom. The summed E-state index contributed by atoms with van der Waals surface area (Å²) < 4.78 is 0. The highest BCUT2D eigenvalue weighted by molar-refractivity contribution is 5.89. The third-order valence-electron chi connectivity index (χ3n) is 5.45. The Morgan fingerprint density at radius 1 is 1.23 bits per heavy atom. The molecular weight excluding hydrogens is 322 g/mol. The maximum Gasteiger partial charge on any atom is 0.321 e. The molecule has 26 heavy (non-hydrogen) atoms. The molecule has 2 amide bonds. The minimum absolute atomic E-state index is 0.0237. The summed E-state index contributed by atoms with van der Waals surface area (Å²) in [5.41, 5.74) is 2.35. The fourth-order valence-electron chi connectivity index (χ4n) is 4.04. The summed E-state index contributed by atoms with van der Waals surface area (Å²) >= 11 is 0. The summed E-state index contributed by atoms with van der Waals surface area (Å²) in [5, 5.41) is 3.07. The smallest absolute Gasteiger partial charge is 0.321 e. The van der Waals surface area contributed by atoms with Gasteiger partial charge in [-0.1, -0.05) is 43.7 Å². The number of urea groups is 1. The van der Waals surface area contributed by atoms with E-state index >= 15 is 0 Å². The number of hydrogen-bond acceptors (Lipinski definition) is 1. The van der Waals surface area contributed by atoms with E-state index in [0.717, 1.165) is 38.2 Å². The molecule has 144 valence electrons. The lowest BCUT2D eigenvalue weighted by Crippen LogP contribution is -3.05. The summed E-state index contributed by atoms with van der Waals surface area (Å²) in [6.07, 6.45) is 4.56. The molecule has 2 N–H and O–H groups in total. The molecule has 0 aliphatic heterocycles. The first kappa shape index (κ1) is 20.5. The standard InChI is InChI=1S/C22H35N3O/c1-17-14-18(2)21(19(3)15-17)16-25(13-9-12-24(4)5)22(26)23-20-10-7-6-8-11-20/h6-8,10-11,14,18-19,21H,9,12-13,15-16H2,1-5H3,(H,23,26)/p+1/t18-,19-,21-/m0/s1. The molecule has 2 rings (SSSR count). The highest BCUT2D eigenvalue weighted by Crippen LogP contribution is 2.34. The van der Waals surface area contributed by atoms with Crippen LogP contribution in [0.15, 0.2) is 42.0 Å². The van der Waals surface area contributed by atoms with Crippen molar-refractivity contribution in [2.45, 2.75) is 33.6 Å². The molecule has 1 aliphatic rings. The Labute approximate surface area is 159 Å². The number of anilines is 1. The van der Waals surface area contributed by atoms with E-state index in [1.807, 2.05) is 35.2 Å². The lowest BCUT2D eigenvalue weighted by atomic mass is 9.75. The number of carbonyl (C=O) groups is 1. The molecule has 1 aromatic carbocycles. The van der Waals surface area contributed by atoms with Gasteiger partial charge in [0.05, 0.1) is 20.6 Å². The van der Waals surface area contributed by atoms with E-state index in [4.69, 9.17) is 0 Å². The molecule has 0 unspecified atom stereocenters. The van der Waals surface area contributed by atoms with Crippen molar-refractivity contribution in [3.8, 4) is 0 Å². The van der Waals surface area contributed by atoms with Gasteiger partial charge in [0.15, 0.2) is 0 Å². The zero-order valence-electron chi connectivity index (χ0n) is 17.1. The summed E-state index contributed by atoms with van der Waals surface area (Å²) in [5.74, 6) is 1.65. The van der Waals surface area contributed by atoms with Gasteiger partial charge in [-0.2, -0.15) is 0 Å². The molecule has 0 bridgehead atoms. The first-order chi connectivity index (χ1) is 12.4. The molecule has 0 aromatic heterocycles. The maximum absolute atomic E-state index is 12.9. The van der Waals surface area contributed by atoms with Crippen molar-refractivity contribution in [3.63, 3.8) is 0 Å². The summed E-state index contributed by atoms with van der Waals surface area (Å²) in [6.45, 7) is 9.55. The number of nitrogens with zero attached hydrogens (tertiary/aromatic N) is 1. The van der Waals surface area contributed by atoms with Gasteiger partial charge in [-0.25, -0.2) is 4.79 Å². The van der Waals surface area contributed by atoms with Crippen LogP contribution < -0.4 is 10.2 Å². The Hall–Kier alpha value is -1.81. The van der Waals surface area contributed by atoms with Crippen LogP contribution in [0.25, 0.3) is 0 Å². The third-order valence-corrected chi connectivity index (χ3v) is 5.45. The number of hydrogen-bond donors (Lipinski definition) is 2. The van der Waals surface area contributed by atoms with Crippen molar-refractivity contribution >= 4 is 11.7 Å². The van der Waals surface area contributed by atoms with Crippen LogP contribution in [0.3, 0.4) is 0 Å². The first-order valence-electron chi connectivity index (χ1n) is 9.94. The van der Waals surface area contributed by atoms with Crippen LogP contribution in [-0.2, 0) is 0 Å². The maximum atomic E-state index is 12.9. The molecule has 1 aliphatic carbocycles. The highest BCUT2D eigenvalue weighted by atomic mass is 16.2. The Morgan fingerprint density at radius 2 is 1.92 bits per heavy atom. The fraction of sp³-hybridized carbons (Fsp3) is 0.591. The molecular formula is C22H36N3O+. The lowest BCUT2D eigenvalue weighted by molar-refractivity contribution is -0.858. The van der Waals surface area contributed by atoms with E-state index in [1.165, 1.54) is 10.5 Å². The van der Waals surface area contributed by atoms with E-state index < -0.39 is 0 Å². The van der Waals surface area contributed by atoms with E-state index in [2.05, 4.69) is 46.3 Å². The molecule has 0 spiro atoms.